The van der Waals surface area contributed by atoms with Gasteiger partial charge in [-0.15, -0.1) is 0 Å². The lowest BCUT2D eigenvalue weighted by atomic mass is 10.4. The first-order valence-electron chi connectivity index (χ1n) is 6.21. The third-order valence-electron chi connectivity index (χ3n) is 2.54. The van der Waals surface area contributed by atoms with Crippen molar-refractivity contribution in [3.8, 4) is 0 Å². The Hall–Kier alpha value is -1.50. The van der Waals surface area contributed by atoms with Gasteiger partial charge in [0.15, 0.2) is 0 Å². The van der Waals surface area contributed by atoms with Crippen molar-refractivity contribution in [2.45, 2.75) is 25.5 Å². The molecule has 0 radical (unpaired) electrons. The highest BCUT2D eigenvalue weighted by Gasteiger charge is 2.12. The molecule has 0 aliphatic carbocycles. The Morgan fingerprint density at radius 1 is 1.47 bits per heavy atom. The minimum Gasteiger partial charge on any atom is -0.369 e. The highest BCUT2D eigenvalue weighted by Crippen LogP contribution is 2.02. The van der Waals surface area contributed by atoms with Crippen LogP contribution in [-0.4, -0.2) is 44.7 Å². The molecule has 2 atom stereocenters. The molecule has 1 aromatic heterocycles. The molecule has 0 aliphatic heterocycles. The molecule has 0 spiro atoms. The average Bonchev–Trinajstić information content (AvgIpc) is 2.42. The third-order valence-corrected chi connectivity index (χ3v) is 3.84. The predicted molar refractivity (Wildman–Crippen MR) is 76.7 cm³/mol. The second-order valence-corrected chi connectivity index (χ2v) is 6.04. The SMILES string of the molecule is CCCNc1cncc(C(=O)NCC(C)S(C)=O)n1. The number of hydrogen-bond donors (Lipinski definition) is 2. The topological polar surface area (TPSA) is 84.0 Å². The van der Waals surface area contributed by atoms with Crippen molar-refractivity contribution in [1.82, 2.24) is 15.3 Å². The molecule has 1 amide bonds. The van der Waals surface area contributed by atoms with Crippen LogP contribution in [0.3, 0.4) is 0 Å². The molecule has 7 heteroatoms. The number of nitrogens with one attached hydrogen (secondary N) is 2. The van der Waals surface area contributed by atoms with E-state index in [9.17, 15) is 9.00 Å². The van der Waals surface area contributed by atoms with Gasteiger partial charge in [-0.3, -0.25) is 14.0 Å². The fourth-order valence-corrected chi connectivity index (χ4v) is 1.58. The van der Waals surface area contributed by atoms with Crippen LogP contribution in [0.25, 0.3) is 0 Å². The minimum atomic E-state index is -0.955. The number of nitrogens with zero attached hydrogens (tertiary/aromatic N) is 2. The molecule has 19 heavy (non-hydrogen) atoms. The fourth-order valence-electron chi connectivity index (χ4n) is 1.26. The van der Waals surface area contributed by atoms with Crippen molar-refractivity contribution in [3.63, 3.8) is 0 Å². The lowest BCUT2D eigenvalue weighted by Gasteiger charge is -2.10. The Balaban J connectivity index is 2.59. The Morgan fingerprint density at radius 3 is 2.84 bits per heavy atom. The first-order chi connectivity index (χ1) is 9.04. The van der Waals surface area contributed by atoms with Crippen molar-refractivity contribution in [2.75, 3.05) is 24.7 Å². The average molecular weight is 284 g/mol. The molecule has 6 nitrogen and oxygen atoms in total. The van der Waals surface area contributed by atoms with Crippen LogP contribution < -0.4 is 10.6 Å². The molecule has 0 fully saturated rings. The molecule has 1 rings (SSSR count). The van der Waals surface area contributed by atoms with Crippen molar-refractivity contribution >= 4 is 22.5 Å². The number of anilines is 1. The van der Waals surface area contributed by atoms with Gasteiger partial charge in [-0.2, -0.15) is 0 Å². The summed E-state index contributed by atoms with van der Waals surface area (Å²) in [6.45, 7) is 5.01. The summed E-state index contributed by atoms with van der Waals surface area (Å²) in [4.78, 5) is 20.0. The Labute approximate surface area is 115 Å². The largest absolute Gasteiger partial charge is 0.369 e. The standard InChI is InChI=1S/C12H20N4O2S/c1-4-5-14-11-8-13-7-10(16-11)12(17)15-6-9(2)19(3)18/h7-9H,4-6H2,1-3H3,(H,14,16)(H,15,17). The van der Waals surface area contributed by atoms with E-state index in [4.69, 9.17) is 0 Å². The molecular formula is C12H20N4O2S. The van der Waals surface area contributed by atoms with Crippen LogP contribution in [0.15, 0.2) is 12.4 Å². The number of hydrogen-bond acceptors (Lipinski definition) is 5. The lowest BCUT2D eigenvalue weighted by Crippen LogP contribution is -2.33. The molecule has 0 aromatic carbocycles. The number of rotatable bonds is 7. The van der Waals surface area contributed by atoms with Gasteiger partial charge in [0.25, 0.3) is 5.91 Å². The van der Waals surface area contributed by atoms with Crippen LogP contribution >= 0.6 is 0 Å². The van der Waals surface area contributed by atoms with E-state index in [1.807, 2.05) is 13.8 Å². The van der Waals surface area contributed by atoms with Crippen LogP contribution in [0.5, 0.6) is 0 Å². The molecule has 2 unspecified atom stereocenters. The second kappa shape index (κ2) is 7.83. The molecule has 0 aliphatic rings. The van der Waals surface area contributed by atoms with Gasteiger partial charge in [0.1, 0.15) is 11.5 Å². The van der Waals surface area contributed by atoms with Crippen LogP contribution in [0.2, 0.25) is 0 Å². The molecule has 1 aromatic rings. The van der Waals surface area contributed by atoms with Crippen molar-refractivity contribution < 1.29 is 9.00 Å². The minimum absolute atomic E-state index is 0.0849. The zero-order valence-electron chi connectivity index (χ0n) is 11.5. The summed E-state index contributed by atoms with van der Waals surface area (Å²) >= 11 is 0. The quantitative estimate of drug-likeness (QED) is 0.773. The normalized spacial score (nSPS) is 13.6. The van der Waals surface area contributed by atoms with Crippen molar-refractivity contribution in [3.05, 3.63) is 18.1 Å². The van der Waals surface area contributed by atoms with E-state index in [1.165, 1.54) is 6.20 Å². The highest BCUT2D eigenvalue weighted by atomic mass is 32.2. The summed E-state index contributed by atoms with van der Waals surface area (Å²) in [5.41, 5.74) is 0.259. The number of amides is 1. The summed E-state index contributed by atoms with van der Waals surface area (Å²) in [6, 6.07) is 0. The van der Waals surface area contributed by atoms with Crippen LogP contribution in [0.4, 0.5) is 5.82 Å². The lowest BCUT2D eigenvalue weighted by molar-refractivity contribution is 0.0949. The Morgan fingerprint density at radius 2 is 2.21 bits per heavy atom. The summed E-state index contributed by atoms with van der Waals surface area (Å²) in [6.07, 6.45) is 5.58. The smallest absolute Gasteiger partial charge is 0.271 e. The van der Waals surface area contributed by atoms with Crippen LogP contribution in [-0.2, 0) is 10.8 Å². The number of aromatic nitrogens is 2. The molecule has 0 bridgehead atoms. The maximum Gasteiger partial charge on any atom is 0.271 e. The van der Waals surface area contributed by atoms with Crippen LogP contribution in [0, 0.1) is 0 Å². The Bertz CT molecular complexity index is 453. The van der Waals surface area contributed by atoms with E-state index >= 15 is 0 Å². The molecular weight excluding hydrogens is 264 g/mol. The van der Waals surface area contributed by atoms with Gasteiger partial charge in [0.05, 0.1) is 12.4 Å². The fraction of sp³-hybridized carbons (Fsp3) is 0.583. The number of carbonyl (C=O) groups is 1. The van der Waals surface area contributed by atoms with E-state index in [-0.39, 0.29) is 16.9 Å². The zero-order chi connectivity index (χ0) is 14.3. The van der Waals surface area contributed by atoms with Gasteiger partial charge < -0.3 is 10.6 Å². The van der Waals surface area contributed by atoms with Crippen molar-refractivity contribution in [1.29, 1.82) is 0 Å². The molecule has 1 heterocycles. The Kier molecular flexibility index (Phi) is 6.41. The van der Waals surface area contributed by atoms with E-state index in [1.54, 1.807) is 12.5 Å². The second-order valence-electron chi connectivity index (χ2n) is 4.24. The number of carbonyl (C=O) groups excluding carboxylic acids is 1. The first kappa shape index (κ1) is 15.6. The highest BCUT2D eigenvalue weighted by molar-refractivity contribution is 7.84. The molecule has 106 valence electrons. The summed E-state index contributed by atoms with van der Waals surface area (Å²) in [5, 5.41) is 5.69. The first-order valence-corrected chi connectivity index (χ1v) is 7.83. The monoisotopic (exact) mass is 284 g/mol. The van der Waals surface area contributed by atoms with Gasteiger partial charge in [0, 0.05) is 35.4 Å². The van der Waals surface area contributed by atoms with E-state index in [2.05, 4.69) is 20.6 Å². The van der Waals surface area contributed by atoms with Crippen LogP contribution in [0.1, 0.15) is 30.8 Å². The van der Waals surface area contributed by atoms with E-state index in [0.29, 0.717) is 12.4 Å². The van der Waals surface area contributed by atoms with Gasteiger partial charge in [-0.25, -0.2) is 4.98 Å². The summed E-state index contributed by atoms with van der Waals surface area (Å²) in [5.74, 6) is 0.284. The van der Waals surface area contributed by atoms with Gasteiger partial charge in [-0.1, -0.05) is 6.92 Å². The van der Waals surface area contributed by atoms with Gasteiger partial charge in [-0.05, 0) is 13.3 Å². The molecule has 0 saturated carbocycles. The van der Waals surface area contributed by atoms with Gasteiger partial charge in [0.2, 0.25) is 0 Å². The van der Waals surface area contributed by atoms with Crippen molar-refractivity contribution in [2.24, 2.45) is 0 Å². The predicted octanol–water partition coefficient (Wildman–Crippen LogP) is 0.795. The third kappa shape index (κ3) is 5.34. The summed E-state index contributed by atoms with van der Waals surface area (Å²) in [7, 11) is -0.955. The zero-order valence-corrected chi connectivity index (χ0v) is 12.3. The van der Waals surface area contributed by atoms with Gasteiger partial charge >= 0.3 is 0 Å². The van der Waals surface area contributed by atoms with E-state index in [0.717, 1.165) is 13.0 Å². The molecule has 0 saturated heterocycles. The summed E-state index contributed by atoms with van der Waals surface area (Å²) < 4.78 is 11.2. The maximum atomic E-state index is 11.9. The van der Waals surface area contributed by atoms with E-state index < -0.39 is 10.8 Å². The molecule has 2 N–H and O–H groups in total. The maximum absolute atomic E-state index is 11.9.